The van der Waals surface area contributed by atoms with Crippen LogP contribution in [0.15, 0.2) is 11.6 Å². The van der Waals surface area contributed by atoms with Crippen molar-refractivity contribution in [2.24, 2.45) is 11.8 Å². The van der Waals surface area contributed by atoms with Gasteiger partial charge in [0.05, 0.1) is 0 Å². The number of hydrogen-bond acceptors (Lipinski definition) is 3. The molecule has 0 unspecified atom stereocenters. The lowest BCUT2D eigenvalue weighted by Gasteiger charge is -2.37. The maximum absolute atomic E-state index is 11.7. The third-order valence-corrected chi connectivity index (χ3v) is 5.00. The average molecular weight is 322 g/mol. The van der Waals surface area contributed by atoms with Crippen molar-refractivity contribution in [1.29, 1.82) is 0 Å². The molecular formula is C19H35N3O. The first-order valence-corrected chi connectivity index (χ1v) is 9.33. The lowest BCUT2D eigenvalue weighted by atomic mass is 10.0. The Kier molecular flexibility index (Phi) is 7.09. The fourth-order valence-electron chi connectivity index (χ4n) is 3.90. The van der Waals surface area contributed by atoms with Gasteiger partial charge in [-0.25, -0.2) is 0 Å². The van der Waals surface area contributed by atoms with Crippen LogP contribution in [-0.4, -0.2) is 61.0 Å². The molecule has 2 aliphatic rings. The summed E-state index contributed by atoms with van der Waals surface area (Å²) in [6.45, 7) is 15.5. The summed E-state index contributed by atoms with van der Waals surface area (Å²) in [5.74, 6) is 1.45. The maximum Gasteiger partial charge on any atom is 0.243 e. The van der Waals surface area contributed by atoms with Crippen LogP contribution in [0.2, 0.25) is 0 Å². The molecule has 1 N–H and O–H groups in total. The highest BCUT2D eigenvalue weighted by atomic mass is 16.1. The minimum absolute atomic E-state index is 0.0606. The molecule has 2 rings (SSSR count). The van der Waals surface area contributed by atoms with Gasteiger partial charge in [-0.15, -0.1) is 0 Å². The van der Waals surface area contributed by atoms with Crippen molar-refractivity contribution in [2.45, 2.75) is 53.0 Å². The quantitative estimate of drug-likeness (QED) is 0.764. The first kappa shape index (κ1) is 18.5. The minimum Gasteiger partial charge on any atom is -0.352 e. The molecule has 1 amide bonds. The molecule has 0 radical (unpaired) electrons. The minimum atomic E-state index is 0.0606. The number of rotatable bonds is 6. The number of piperidine rings is 1. The van der Waals surface area contributed by atoms with Gasteiger partial charge in [0.1, 0.15) is 0 Å². The van der Waals surface area contributed by atoms with E-state index in [0.717, 1.165) is 30.6 Å². The van der Waals surface area contributed by atoms with Gasteiger partial charge < -0.3 is 10.2 Å². The van der Waals surface area contributed by atoms with Gasteiger partial charge in [-0.3, -0.25) is 9.69 Å². The highest BCUT2D eigenvalue weighted by Gasteiger charge is 2.30. The average Bonchev–Trinajstić information content (AvgIpc) is 2.93. The largest absolute Gasteiger partial charge is 0.352 e. The van der Waals surface area contributed by atoms with Crippen LogP contribution in [-0.2, 0) is 4.79 Å². The summed E-state index contributed by atoms with van der Waals surface area (Å²) in [6.07, 6.45) is 5.53. The molecule has 2 saturated heterocycles. The van der Waals surface area contributed by atoms with Crippen LogP contribution < -0.4 is 5.32 Å². The first-order valence-electron chi connectivity index (χ1n) is 9.33. The monoisotopic (exact) mass is 321 g/mol. The second-order valence-corrected chi connectivity index (χ2v) is 8.04. The van der Waals surface area contributed by atoms with Gasteiger partial charge in [-0.1, -0.05) is 19.4 Å². The van der Waals surface area contributed by atoms with Crippen LogP contribution in [0.25, 0.3) is 0 Å². The standard InChI is InChI=1S/C19H35N3O/c1-15(2)11-19(23)20-12-17-5-10-22(14-17)18-6-8-21(9-7-18)13-16(3)4/h11,16-18H,5-10,12-14H2,1-4H3,(H,20,23)/t17-/m1/s1. The number of carbonyl (C=O) groups excluding carboxylic acids is 1. The Morgan fingerprint density at radius 3 is 2.48 bits per heavy atom. The van der Waals surface area contributed by atoms with Gasteiger partial charge in [-0.2, -0.15) is 0 Å². The number of amides is 1. The Morgan fingerprint density at radius 2 is 1.87 bits per heavy atom. The van der Waals surface area contributed by atoms with Crippen molar-refractivity contribution in [3.63, 3.8) is 0 Å². The van der Waals surface area contributed by atoms with Crippen LogP contribution in [0.1, 0.15) is 47.0 Å². The predicted molar refractivity (Wildman–Crippen MR) is 96.4 cm³/mol. The van der Waals surface area contributed by atoms with E-state index < -0.39 is 0 Å². The normalized spacial score (nSPS) is 24.1. The second kappa shape index (κ2) is 8.84. The molecule has 0 aromatic carbocycles. The maximum atomic E-state index is 11.7. The van der Waals surface area contributed by atoms with Crippen molar-refractivity contribution in [3.8, 4) is 0 Å². The lowest BCUT2D eigenvalue weighted by molar-refractivity contribution is -0.116. The van der Waals surface area contributed by atoms with E-state index in [1.807, 2.05) is 13.8 Å². The van der Waals surface area contributed by atoms with Crippen LogP contribution in [0.4, 0.5) is 0 Å². The van der Waals surface area contributed by atoms with E-state index in [1.54, 1.807) is 6.08 Å². The Morgan fingerprint density at radius 1 is 1.17 bits per heavy atom. The third kappa shape index (κ3) is 6.27. The predicted octanol–water partition coefficient (Wildman–Crippen LogP) is 2.51. The van der Waals surface area contributed by atoms with Crippen molar-refractivity contribution in [1.82, 2.24) is 15.1 Å². The lowest BCUT2D eigenvalue weighted by Crippen LogP contribution is -2.45. The van der Waals surface area contributed by atoms with Crippen LogP contribution in [0, 0.1) is 11.8 Å². The Bertz CT molecular complexity index is 407. The van der Waals surface area contributed by atoms with E-state index in [-0.39, 0.29) is 5.91 Å². The number of carbonyl (C=O) groups is 1. The van der Waals surface area contributed by atoms with Crippen LogP contribution >= 0.6 is 0 Å². The number of nitrogens with zero attached hydrogens (tertiary/aromatic N) is 2. The molecule has 4 nitrogen and oxygen atoms in total. The SMILES string of the molecule is CC(C)=CC(=O)NC[C@H]1CCN(C2CCN(CC(C)C)CC2)C1. The van der Waals surface area contributed by atoms with Gasteiger partial charge in [0.15, 0.2) is 0 Å². The van der Waals surface area contributed by atoms with Crippen molar-refractivity contribution < 1.29 is 4.79 Å². The molecule has 2 heterocycles. The number of hydrogen-bond donors (Lipinski definition) is 1. The summed E-state index contributed by atoms with van der Waals surface area (Å²) in [7, 11) is 0. The van der Waals surface area contributed by atoms with E-state index >= 15 is 0 Å². The molecule has 0 aliphatic carbocycles. The summed E-state index contributed by atoms with van der Waals surface area (Å²) >= 11 is 0. The third-order valence-electron chi connectivity index (χ3n) is 5.00. The molecule has 0 spiro atoms. The highest BCUT2D eigenvalue weighted by Crippen LogP contribution is 2.24. The van der Waals surface area contributed by atoms with Crippen molar-refractivity contribution in [2.75, 3.05) is 39.3 Å². The molecule has 0 aromatic heterocycles. The molecule has 132 valence electrons. The molecule has 4 heteroatoms. The summed E-state index contributed by atoms with van der Waals surface area (Å²) in [4.78, 5) is 17.0. The summed E-state index contributed by atoms with van der Waals surface area (Å²) < 4.78 is 0. The van der Waals surface area contributed by atoms with Gasteiger partial charge >= 0.3 is 0 Å². The summed E-state index contributed by atoms with van der Waals surface area (Å²) in [5, 5.41) is 3.06. The fourth-order valence-corrected chi connectivity index (χ4v) is 3.90. The van der Waals surface area contributed by atoms with E-state index in [1.165, 1.54) is 45.4 Å². The van der Waals surface area contributed by atoms with Crippen molar-refractivity contribution >= 4 is 5.91 Å². The molecule has 1 atom stereocenters. The Labute approximate surface area is 142 Å². The smallest absolute Gasteiger partial charge is 0.243 e. The zero-order valence-electron chi connectivity index (χ0n) is 15.5. The number of allylic oxidation sites excluding steroid dienone is 1. The van der Waals surface area contributed by atoms with E-state index in [2.05, 4.69) is 29.0 Å². The highest BCUT2D eigenvalue weighted by molar-refractivity contribution is 5.87. The molecule has 2 aliphatic heterocycles. The van der Waals surface area contributed by atoms with Crippen LogP contribution in [0.5, 0.6) is 0 Å². The van der Waals surface area contributed by atoms with Gasteiger partial charge in [0.2, 0.25) is 5.91 Å². The van der Waals surface area contributed by atoms with Gasteiger partial charge in [0, 0.05) is 31.8 Å². The summed E-state index contributed by atoms with van der Waals surface area (Å²) in [6, 6.07) is 0.761. The number of nitrogens with one attached hydrogen (secondary N) is 1. The molecule has 2 fully saturated rings. The van der Waals surface area contributed by atoms with Gasteiger partial charge in [0.25, 0.3) is 0 Å². The second-order valence-electron chi connectivity index (χ2n) is 8.04. The first-order chi connectivity index (χ1) is 10.9. The fraction of sp³-hybridized carbons (Fsp3) is 0.842. The number of likely N-dealkylation sites (tertiary alicyclic amines) is 2. The van der Waals surface area contributed by atoms with E-state index in [0.29, 0.717) is 5.92 Å². The van der Waals surface area contributed by atoms with Gasteiger partial charge in [-0.05, 0) is 64.6 Å². The molecule has 0 saturated carbocycles. The van der Waals surface area contributed by atoms with Crippen LogP contribution in [0.3, 0.4) is 0 Å². The topological polar surface area (TPSA) is 35.6 Å². The molecule has 0 bridgehead atoms. The Balaban J connectivity index is 1.68. The molecule has 23 heavy (non-hydrogen) atoms. The summed E-state index contributed by atoms with van der Waals surface area (Å²) in [5.41, 5.74) is 1.06. The molecule has 0 aromatic rings. The Hall–Kier alpha value is -0.870. The van der Waals surface area contributed by atoms with Crippen molar-refractivity contribution in [3.05, 3.63) is 11.6 Å². The van der Waals surface area contributed by atoms with E-state index in [9.17, 15) is 4.79 Å². The van der Waals surface area contributed by atoms with E-state index in [4.69, 9.17) is 0 Å². The molecular weight excluding hydrogens is 286 g/mol. The zero-order chi connectivity index (χ0) is 16.8. The zero-order valence-corrected chi connectivity index (χ0v) is 15.5.